The van der Waals surface area contributed by atoms with Gasteiger partial charge in [0.2, 0.25) is 10.0 Å². The lowest BCUT2D eigenvalue weighted by atomic mass is 10.1. The lowest BCUT2D eigenvalue weighted by Gasteiger charge is -2.24. The van der Waals surface area contributed by atoms with Crippen LogP contribution in [0.4, 0.5) is 4.39 Å². The summed E-state index contributed by atoms with van der Waals surface area (Å²) in [7, 11) is -3.77. The summed E-state index contributed by atoms with van der Waals surface area (Å²) < 4.78 is 40.5. The van der Waals surface area contributed by atoms with Crippen LogP contribution in [-0.2, 0) is 16.6 Å². The molecular weight excluding hydrogens is 293 g/mol. The largest absolute Gasteiger partial charge is 0.392 e. The first-order valence-corrected chi connectivity index (χ1v) is 8.71. The molecule has 1 aliphatic carbocycles. The number of aliphatic hydroxyl groups is 1. The minimum atomic E-state index is -3.77. The third-order valence-electron chi connectivity index (χ3n) is 3.67. The molecule has 1 aromatic rings. The standard InChI is InChI=1S/C15H22FNO3S/c1-11(2)7-8-17(14-5-6-14)21(19,20)15-9-13(16)4-3-12(15)10-18/h3-4,9,11,14,18H,5-8,10H2,1-2H3. The number of sulfonamides is 1. The van der Waals surface area contributed by atoms with Crippen LogP contribution in [0.15, 0.2) is 23.1 Å². The van der Waals surface area contributed by atoms with Crippen LogP contribution < -0.4 is 0 Å². The van der Waals surface area contributed by atoms with Gasteiger partial charge in [0.1, 0.15) is 5.82 Å². The summed E-state index contributed by atoms with van der Waals surface area (Å²) in [6.07, 6.45) is 2.46. The summed E-state index contributed by atoms with van der Waals surface area (Å²) in [5.74, 6) is -0.211. The van der Waals surface area contributed by atoms with Crippen molar-refractivity contribution in [3.63, 3.8) is 0 Å². The Hall–Kier alpha value is -0.980. The molecule has 0 spiro atoms. The first kappa shape index (κ1) is 16.4. The highest BCUT2D eigenvalue weighted by atomic mass is 32.2. The van der Waals surface area contributed by atoms with Gasteiger partial charge in [-0.25, -0.2) is 12.8 Å². The van der Waals surface area contributed by atoms with Crippen molar-refractivity contribution in [3.05, 3.63) is 29.6 Å². The van der Waals surface area contributed by atoms with Crippen LogP contribution in [0.25, 0.3) is 0 Å². The molecule has 0 unspecified atom stereocenters. The number of aliphatic hydroxyl groups excluding tert-OH is 1. The van der Waals surface area contributed by atoms with Gasteiger partial charge < -0.3 is 5.11 Å². The zero-order chi connectivity index (χ0) is 15.6. The van der Waals surface area contributed by atoms with Crippen molar-refractivity contribution in [1.29, 1.82) is 0 Å². The molecule has 0 aliphatic heterocycles. The number of halogens is 1. The summed E-state index contributed by atoms with van der Waals surface area (Å²) in [5, 5.41) is 9.32. The Bertz CT molecular complexity index is 597. The Labute approximate surface area is 125 Å². The first-order chi connectivity index (χ1) is 9.86. The second kappa shape index (κ2) is 6.42. The zero-order valence-electron chi connectivity index (χ0n) is 12.4. The maximum Gasteiger partial charge on any atom is 0.243 e. The van der Waals surface area contributed by atoms with E-state index in [1.807, 2.05) is 13.8 Å². The van der Waals surface area contributed by atoms with Crippen LogP contribution in [-0.4, -0.2) is 30.4 Å². The molecule has 118 valence electrons. The molecule has 1 N–H and O–H groups in total. The maximum absolute atomic E-state index is 13.4. The SMILES string of the molecule is CC(C)CCN(C1CC1)S(=O)(=O)c1cc(F)ccc1CO. The highest BCUT2D eigenvalue weighted by Crippen LogP contribution is 2.33. The van der Waals surface area contributed by atoms with Crippen LogP contribution in [0.3, 0.4) is 0 Å². The molecule has 0 aromatic heterocycles. The molecule has 1 saturated carbocycles. The number of benzene rings is 1. The summed E-state index contributed by atoms with van der Waals surface area (Å²) in [6, 6.07) is 3.52. The quantitative estimate of drug-likeness (QED) is 0.841. The number of hydrogen-bond donors (Lipinski definition) is 1. The van der Waals surface area contributed by atoms with Gasteiger partial charge in [0.05, 0.1) is 11.5 Å². The molecule has 0 heterocycles. The van der Waals surface area contributed by atoms with Gasteiger partial charge in [0.15, 0.2) is 0 Å². The van der Waals surface area contributed by atoms with Crippen molar-refractivity contribution in [3.8, 4) is 0 Å². The molecule has 0 bridgehead atoms. The Morgan fingerprint density at radius 2 is 2.05 bits per heavy atom. The molecule has 1 aromatic carbocycles. The Balaban J connectivity index is 2.36. The number of hydrogen-bond acceptors (Lipinski definition) is 3. The van der Waals surface area contributed by atoms with E-state index in [1.54, 1.807) is 0 Å². The van der Waals surface area contributed by atoms with E-state index in [1.165, 1.54) is 16.4 Å². The molecule has 21 heavy (non-hydrogen) atoms. The smallest absolute Gasteiger partial charge is 0.243 e. The van der Waals surface area contributed by atoms with Crippen LogP contribution in [0.5, 0.6) is 0 Å². The third-order valence-corrected chi connectivity index (χ3v) is 5.70. The van der Waals surface area contributed by atoms with Crippen molar-refractivity contribution in [1.82, 2.24) is 4.31 Å². The average molecular weight is 315 g/mol. The Morgan fingerprint density at radius 1 is 1.38 bits per heavy atom. The van der Waals surface area contributed by atoms with Gasteiger partial charge in [-0.3, -0.25) is 0 Å². The molecule has 2 rings (SSSR count). The van der Waals surface area contributed by atoms with E-state index in [-0.39, 0.29) is 16.5 Å². The second-order valence-electron chi connectivity index (χ2n) is 5.94. The van der Waals surface area contributed by atoms with E-state index in [0.717, 1.165) is 25.3 Å². The lowest BCUT2D eigenvalue weighted by molar-refractivity contribution is 0.277. The molecule has 0 atom stereocenters. The predicted molar refractivity (Wildman–Crippen MR) is 78.7 cm³/mol. The zero-order valence-corrected chi connectivity index (χ0v) is 13.2. The van der Waals surface area contributed by atoms with E-state index in [4.69, 9.17) is 0 Å². The molecule has 1 aliphatic rings. The van der Waals surface area contributed by atoms with E-state index in [2.05, 4.69) is 0 Å². The van der Waals surface area contributed by atoms with Gasteiger partial charge in [-0.05, 0) is 42.9 Å². The van der Waals surface area contributed by atoms with Gasteiger partial charge in [-0.1, -0.05) is 19.9 Å². The van der Waals surface area contributed by atoms with Crippen molar-refractivity contribution >= 4 is 10.0 Å². The summed E-state index contributed by atoms with van der Waals surface area (Å²) in [4.78, 5) is -0.111. The van der Waals surface area contributed by atoms with Gasteiger partial charge in [0, 0.05) is 12.6 Å². The van der Waals surface area contributed by atoms with Crippen LogP contribution >= 0.6 is 0 Å². The van der Waals surface area contributed by atoms with Gasteiger partial charge in [-0.2, -0.15) is 4.31 Å². The summed E-state index contributed by atoms with van der Waals surface area (Å²) in [5.41, 5.74) is 0.242. The van der Waals surface area contributed by atoms with Gasteiger partial charge in [-0.15, -0.1) is 0 Å². The van der Waals surface area contributed by atoms with E-state index >= 15 is 0 Å². The van der Waals surface area contributed by atoms with Crippen molar-refractivity contribution in [2.24, 2.45) is 5.92 Å². The fourth-order valence-corrected chi connectivity index (χ4v) is 4.20. The van der Waals surface area contributed by atoms with E-state index < -0.39 is 22.4 Å². The Morgan fingerprint density at radius 3 is 2.57 bits per heavy atom. The summed E-state index contributed by atoms with van der Waals surface area (Å²) >= 11 is 0. The van der Waals surface area contributed by atoms with Crippen molar-refractivity contribution in [2.45, 2.75) is 50.7 Å². The van der Waals surface area contributed by atoms with Gasteiger partial charge in [0.25, 0.3) is 0 Å². The predicted octanol–water partition coefficient (Wildman–Crippen LogP) is 2.52. The fraction of sp³-hybridized carbons (Fsp3) is 0.600. The van der Waals surface area contributed by atoms with Gasteiger partial charge >= 0.3 is 0 Å². The minimum Gasteiger partial charge on any atom is -0.392 e. The monoisotopic (exact) mass is 315 g/mol. The van der Waals surface area contributed by atoms with E-state index in [0.29, 0.717) is 12.5 Å². The Kier molecular flexibility index (Phi) is 5.01. The van der Waals surface area contributed by atoms with Crippen molar-refractivity contribution in [2.75, 3.05) is 6.54 Å². The molecule has 6 heteroatoms. The minimum absolute atomic E-state index is 0.0172. The fourth-order valence-electron chi connectivity index (χ4n) is 2.27. The highest BCUT2D eigenvalue weighted by molar-refractivity contribution is 7.89. The topological polar surface area (TPSA) is 57.6 Å². The molecular formula is C15H22FNO3S. The molecule has 0 radical (unpaired) electrons. The number of nitrogens with zero attached hydrogens (tertiary/aromatic N) is 1. The van der Waals surface area contributed by atoms with Crippen LogP contribution in [0.2, 0.25) is 0 Å². The highest BCUT2D eigenvalue weighted by Gasteiger charge is 2.38. The molecule has 4 nitrogen and oxygen atoms in total. The first-order valence-electron chi connectivity index (χ1n) is 7.27. The van der Waals surface area contributed by atoms with Crippen LogP contribution in [0, 0.1) is 11.7 Å². The maximum atomic E-state index is 13.4. The number of rotatable bonds is 7. The lowest BCUT2D eigenvalue weighted by Crippen LogP contribution is -2.35. The second-order valence-corrected chi connectivity index (χ2v) is 7.80. The molecule has 0 saturated heterocycles. The van der Waals surface area contributed by atoms with Crippen molar-refractivity contribution < 1.29 is 17.9 Å². The van der Waals surface area contributed by atoms with E-state index in [9.17, 15) is 17.9 Å². The molecule has 0 amide bonds. The molecule has 1 fully saturated rings. The summed E-state index contributed by atoms with van der Waals surface area (Å²) in [6.45, 7) is 4.10. The average Bonchev–Trinajstić information content (AvgIpc) is 3.23. The van der Waals surface area contributed by atoms with Crippen LogP contribution in [0.1, 0.15) is 38.7 Å². The normalized spacial score (nSPS) is 15.9. The third kappa shape index (κ3) is 3.81.